The van der Waals surface area contributed by atoms with Crippen LogP contribution in [0.1, 0.15) is 20.8 Å². The van der Waals surface area contributed by atoms with Gasteiger partial charge in [0.15, 0.2) is 0 Å². The normalized spacial score (nSPS) is 40.4. The van der Waals surface area contributed by atoms with Gasteiger partial charge in [-0.05, 0) is 6.92 Å². The highest BCUT2D eigenvalue weighted by atomic mass is 16.6. The van der Waals surface area contributed by atoms with E-state index in [9.17, 15) is 9.90 Å². The Kier molecular flexibility index (Phi) is 2.18. The van der Waals surface area contributed by atoms with Gasteiger partial charge in [0.1, 0.15) is 6.10 Å². The maximum Gasteiger partial charge on any atom is 0.309 e. The molecule has 0 aromatic carbocycles. The summed E-state index contributed by atoms with van der Waals surface area (Å²) in [5, 5.41) is 9.18. The Morgan fingerprint density at radius 1 is 1.55 bits per heavy atom. The molecule has 0 bridgehead atoms. The van der Waals surface area contributed by atoms with E-state index in [1.807, 2.05) is 13.8 Å². The van der Waals surface area contributed by atoms with Gasteiger partial charge in [0.2, 0.25) is 0 Å². The highest BCUT2D eigenvalue weighted by Gasteiger charge is 2.40. The van der Waals surface area contributed by atoms with E-state index in [-0.39, 0.29) is 23.9 Å². The van der Waals surface area contributed by atoms with E-state index in [1.54, 1.807) is 6.92 Å². The second-order valence-electron chi connectivity index (χ2n) is 3.29. The first-order valence-electron chi connectivity index (χ1n) is 3.92. The summed E-state index contributed by atoms with van der Waals surface area (Å²) in [7, 11) is 0. The second-order valence-corrected chi connectivity index (χ2v) is 3.29. The van der Waals surface area contributed by atoms with E-state index in [4.69, 9.17) is 4.74 Å². The number of ether oxygens (including phenoxy) is 1. The second kappa shape index (κ2) is 2.81. The molecule has 1 aliphatic rings. The molecule has 64 valence electrons. The summed E-state index contributed by atoms with van der Waals surface area (Å²) >= 11 is 0. The molecule has 1 rings (SSSR count). The molecule has 0 aromatic heterocycles. The summed E-state index contributed by atoms with van der Waals surface area (Å²) in [6, 6.07) is 0. The molecule has 11 heavy (non-hydrogen) atoms. The number of esters is 1. The van der Waals surface area contributed by atoms with Gasteiger partial charge in [-0.2, -0.15) is 0 Å². The predicted octanol–water partition coefficient (Wildman–Crippen LogP) is 0.565. The molecule has 1 heterocycles. The van der Waals surface area contributed by atoms with Crippen LogP contribution in [0.25, 0.3) is 0 Å². The molecule has 1 aliphatic heterocycles. The summed E-state index contributed by atoms with van der Waals surface area (Å²) in [5.74, 6) is -0.138. The molecule has 0 radical (unpaired) electrons. The van der Waals surface area contributed by atoms with Crippen LogP contribution >= 0.6 is 0 Å². The van der Waals surface area contributed by atoms with Crippen molar-refractivity contribution in [3.63, 3.8) is 0 Å². The van der Waals surface area contributed by atoms with Crippen LogP contribution in [0, 0.1) is 11.8 Å². The van der Waals surface area contributed by atoms with Crippen molar-refractivity contribution in [3.05, 3.63) is 0 Å². The van der Waals surface area contributed by atoms with Gasteiger partial charge >= 0.3 is 5.97 Å². The number of aliphatic hydroxyl groups excluding tert-OH is 1. The van der Waals surface area contributed by atoms with Crippen molar-refractivity contribution >= 4 is 5.97 Å². The number of hydrogen-bond acceptors (Lipinski definition) is 3. The summed E-state index contributed by atoms with van der Waals surface area (Å²) in [6.45, 7) is 5.40. The standard InChI is InChI=1S/C8H14O3/c1-4-5(2)8(10)11-7(4)6(3)9/h4-7,9H,1-3H3. The van der Waals surface area contributed by atoms with Crippen molar-refractivity contribution in [2.24, 2.45) is 11.8 Å². The number of carbonyl (C=O) groups is 1. The minimum absolute atomic E-state index is 0.0744. The molecule has 1 N–H and O–H groups in total. The number of carbonyl (C=O) groups excluding carboxylic acids is 1. The first-order valence-corrected chi connectivity index (χ1v) is 3.92. The van der Waals surface area contributed by atoms with Crippen LogP contribution in [-0.2, 0) is 9.53 Å². The van der Waals surface area contributed by atoms with Crippen molar-refractivity contribution in [1.82, 2.24) is 0 Å². The monoisotopic (exact) mass is 158 g/mol. The molecule has 3 heteroatoms. The fourth-order valence-electron chi connectivity index (χ4n) is 1.39. The summed E-state index contributed by atoms with van der Waals surface area (Å²) < 4.78 is 4.96. The Morgan fingerprint density at radius 2 is 2.09 bits per heavy atom. The molecular formula is C8H14O3. The maximum absolute atomic E-state index is 11.0. The molecule has 0 saturated carbocycles. The molecule has 0 amide bonds. The zero-order valence-electron chi connectivity index (χ0n) is 7.07. The van der Waals surface area contributed by atoms with Gasteiger partial charge in [-0.1, -0.05) is 13.8 Å². The molecular weight excluding hydrogens is 144 g/mol. The van der Waals surface area contributed by atoms with Gasteiger partial charge in [0, 0.05) is 5.92 Å². The molecule has 0 aromatic rings. The van der Waals surface area contributed by atoms with Gasteiger partial charge < -0.3 is 9.84 Å². The first-order chi connectivity index (χ1) is 5.04. The van der Waals surface area contributed by atoms with Crippen LogP contribution in [0.15, 0.2) is 0 Å². The topological polar surface area (TPSA) is 46.5 Å². The fourth-order valence-corrected chi connectivity index (χ4v) is 1.39. The van der Waals surface area contributed by atoms with Crippen molar-refractivity contribution in [2.75, 3.05) is 0 Å². The number of aliphatic hydroxyl groups is 1. The third-order valence-corrected chi connectivity index (χ3v) is 2.41. The van der Waals surface area contributed by atoms with Gasteiger partial charge in [0.25, 0.3) is 0 Å². The lowest BCUT2D eigenvalue weighted by atomic mass is 9.92. The quantitative estimate of drug-likeness (QED) is 0.567. The van der Waals surface area contributed by atoms with E-state index in [0.717, 1.165) is 0 Å². The molecule has 0 spiro atoms. The van der Waals surface area contributed by atoms with E-state index in [2.05, 4.69) is 0 Å². The summed E-state index contributed by atoms with van der Waals surface area (Å²) in [6.07, 6.45) is -0.864. The Bertz CT molecular complexity index is 165. The van der Waals surface area contributed by atoms with Gasteiger partial charge in [-0.15, -0.1) is 0 Å². The third kappa shape index (κ3) is 1.38. The van der Waals surface area contributed by atoms with Crippen LogP contribution in [-0.4, -0.2) is 23.3 Å². The smallest absolute Gasteiger partial charge is 0.309 e. The van der Waals surface area contributed by atoms with Gasteiger partial charge in [-0.25, -0.2) is 0 Å². The Hall–Kier alpha value is -0.570. The first kappa shape index (κ1) is 8.53. The lowest BCUT2D eigenvalue weighted by Crippen LogP contribution is -2.28. The highest BCUT2D eigenvalue weighted by Crippen LogP contribution is 2.29. The van der Waals surface area contributed by atoms with E-state index < -0.39 is 6.10 Å². The van der Waals surface area contributed by atoms with E-state index in [0.29, 0.717) is 0 Å². The zero-order chi connectivity index (χ0) is 8.59. The van der Waals surface area contributed by atoms with Gasteiger partial charge in [0.05, 0.1) is 12.0 Å². The number of rotatable bonds is 1. The summed E-state index contributed by atoms with van der Waals surface area (Å²) in [4.78, 5) is 11.0. The van der Waals surface area contributed by atoms with Crippen LogP contribution in [0.4, 0.5) is 0 Å². The largest absolute Gasteiger partial charge is 0.459 e. The number of cyclic esters (lactones) is 1. The lowest BCUT2D eigenvalue weighted by Gasteiger charge is -2.17. The Morgan fingerprint density at radius 3 is 2.27 bits per heavy atom. The van der Waals surface area contributed by atoms with Crippen LogP contribution < -0.4 is 0 Å². The number of hydrogen-bond donors (Lipinski definition) is 1. The van der Waals surface area contributed by atoms with E-state index in [1.165, 1.54) is 0 Å². The zero-order valence-corrected chi connectivity index (χ0v) is 7.07. The molecule has 1 fully saturated rings. The Balaban J connectivity index is 2.67. The van der Waals surface area contributed by atoms with Crippen molar-refractivity contribution in [2.45, 2.75) is 33.0 Å². The average Bonchev–Trinajstić information content (AvgIpc) is 2.17. The van der Waals surface area contributed by atoms with Crippen molar-refractivity contribution in [1.29, 1.82) is 0 Å². The lowest BCUT2D eigenvalue weighted by molar-refractivity contribution is -0.147. The predicted molar refractivity (Wildman–Crippen MR) is 39.9 cm³/mol. The fraction of sp³-hybridized carbons (Fsp3) is 0.875. The average molecular weight is 158 g/mol. The van der Waals surface area contributed by atoms with Crippen molar-refractivity contribution < 1.29 is 14.6 Å². The van der Waals surface area contributed by atoms with Crippen LogP contribution in [0.3, 0.4) is 0 Å². The minimum atomic E-state index is -0.557. The van der Waals surface area contributed by atoms with Crippen LogP contribution in [0.2, 0.25) is 0 Å². The van der Waals surface area contributed by atoms with E-state index >= 15 is 0 Å². The van der Waals surface area contributed by atoms with Crippen molar-refractivity contribution in [3.8, 4) is 0 Å². The molecule has 3 nitrogen and oxygen atoms in total. The van der Waals surface area contributed by atoms with Gasteiger partial charge in [-0.3, -0.25) is 4.79 Å². The maximum atomic E-state index is 11.0. The molecule has 4 unspecified atom stereocenters. The summed E-state index contributed by atoms with van der Waals surface area (Å²) in [5.41, 5.74) is 0. The minimum Gasteiger partial charge on any atom is -0.459 e. The highest BCUT2D eigenvalue weighted by molar-refractivity contribution is 5.74. The Labute approximate surface area is 66.4 Å². The molecule has 4 atom stereocenters. The third-order valence-electron chi connectivity index (χ3n) is 2.41. The SMILES string of the molecule is CC(O)C1OC(=O)C(C)C1C. The molecule has 1 saturated heterocycles. The van der Waals surface area contributed by atoms with Crippen LogP contribution in [0.5, 0.6) is 0 Å². The molecule has 0 aliphatic carbocycles.